The van der Waals surface area contributed by atoms with Crippen molar-refractivity contribution in [2.24, 2.45) is 5.92 Å². The molecule has 162 valence electrons. The Morgan fingerprint density at radius 1 is 1.14 bits per heavy atom. The first-order valence-corrected chi connectivity index (χ1v) is 10.7. The van der Waals surface area contributed by atoms with Crippen molar-refractivity contribution in [3.63, 3.8) is 0 Å². The molecule has 2 heterocycles. The van der Waals surface area contributed by atoms with E-state index in [-0.39, 0.29) is 11.9 Å². The molecule has 0 saturated carbocycles. The summed E-state index contributed by atoms with van der Waals surface area (Å²) in [6.07, 6.45) is 6.52. The van der Waals surface area contributed by atoms with Crippen molar-refractivity contribution in [3.05, 3.63) is 36.1 Å². The van der Waals surface area contributed by atoms with Gasteiger partial charge in [-0.2, -0.15) is 0 Å². The van der Waals surface area contributed by atoms with Gasteiger partial charge in [0.1, 0.15) is 5.60 Å². The second-order valence-electron chi connectivity index (χ2n) is 9.89. The van der Waals surface area contributed by atoms with E-state index in [1.165, 1.54) is 0 Å². The summed E-state index contributed by atoms with van der Waals surface area (Å²) in [6.45, 7) is 16.8. The van der Waals surface area contributed by atoms with Crippen molar-refractivity contribution in [2.75, 3.05) is 0 Å². The average molecular weight is 403 g/mol. The summed E-state index contributed by atoms with van der Waals surface area (Å²) in [5.74, 6) is 1.53. The van der Waals surface area contributed by atoms with Crippen molar-refractivity contribution in [1.29, 1.82) is 0 Å². The number of nitrogens with zero attached hydrogens (tertiary/aromatic N) is 1. The Morgan fingerprint density at radius 3 is 2.17 bits per heavy atom. The molecule has 0 aromatic carbocycles. The lowest BCUT2D eigenvalue weighted by Crippen LogP contribution is -2.41. The van der Waals surface area contributed by atoms with Crippen LogP contribution in [-0.2, 0) is 25.4 Å². The molecule has 1 aliphatic rings. The number of aryl methyl sites for hydroxylation is 1. The second-order valence-corrected chi connectivity index (χ2v) is 9.89. The lowest BCUT2D eigenvalue weighted by molar-refractivity contribution is -0.158. The van der Waals surface area contributed by atoms with E-state index in [1.807, 2.05) is 73.5 Å². The Hall–Kier alpha value is -1.53. The Morgan fingerprint density at radius 2 is 1.69 bits per heavy atom. The lowest BCUT2D eigenvalue weighted by Gasteiger charge is -2.32. The van der Waals surface area contributed by atoms with Crippen molar-refractivity contribution >= 4 is 13.1 Å². The summed E-state index contributed by atoms with van der Waals surface area (Å²) in [6, 6.07) is 4.05. The van der Waals surface area contributed by atoms with Crippen LogP contribution in [0.5, 0.6) is 0 Å². The van der Waals surface area contributed by atoms with E-state index in [0.29, 0.717) is 6.42 Å². The number of ether oxygens (including phenoxy) is 1. The van der Waals surface area contributed by atoms with Crippen LogP contribution in [0.1, 0.15) is 74.7 Å². The fraction of sp³-hybridized carbons (Fsp3) is 0.696. The SMILES string of the molecule is CC[C@H](C(=O)OC(C)(C)C)/C(=C/B1OC(C)(C)C(C)(C)O1)CCCn1cccc1. The number of carbonyl (C=O) groups excluding carboxylic acids is 1. The minimum Gasteiger partial charge on any atom is -0.460 e. The first-order chi connectivity index (χ1) is 13.3. The highest BCUT2D eigenvalue weighted by atomic mass is 16.7. The Kier molecular flexibility index (Phi) is 7.45. The van der Waals surface area contributed by atoms with Crippen molar-refractivity contribution in [1.82, 2.24) is 4.57 Å². The molecule has 1 aromatic rings. The van der Waals surface area contributed by atoms with Gasteiger partial charge in [-0.25, -0.2) is 0 Å². The van der Waals surface area contributed by atoms with Crippen LogP contribution in [0.25, 0.3) is 0 Å². The summed E-state index contributed by atoms with van der Waals surface area (Å²) in [4.78, 5) is 12.9. The van der Waals surface area contributed by atoms with Gasteiger partial charge in [0.25, 0.3) is 0 Å². The van der Waals surface area contributed by atoms with Gasteiger partial charge in [0.05, 0.1) is 17.1 Å². The largest absolute Gasteiger partial charge is 0.487 e. The Labute approximate surface area is 176 Å². The highest BCUT2D eigenvalue weighted by Crippen LogP contribution is 2.38. The molecule has 2 rings (SSSR count). The zero-order chi connectivity index (χ0) is 21.9. The highest BCUT2D eigenvalue weighted by Gasteiger charge is 2.50. The lowest BCUT2D eigenvalue weighted by atomic mass is 9.80. The average Bonchev–Trinajstić information content (AvgIpc) is 3.12. The van der Waals surface area contributed by atoms with E-state index < -0.39 is 23.9 Å². The van der Waals surface area contributed by atoms with Gasteiger partial charge in [-0.1, -0.05) is 18.5 Å². The molecule has 1 aliphatic heterocycles. The summed E-state index contributed by atoms with van der Waals surface area (Å²) < 4.78 is 20.2. The number of esters is 1. The zero-order valence-electron chi connectivity index (χ0n) is 19.5. The van der Waals surface area contributed by atoms with Crippen molar-refractivity contribution in [2.45, 2.75) is 98.0 Å². The van der Waals surface area contributed by atoms with Gasteiger partial charge < -0.3 is 18.6 Å². The van der Waals surface area contributed by atoms with Gasteiger partial charge in [-0.15, -0.1) is 0 Å². The quantitative estimate of drug-likeness (QED) is 0.443. The van der Waals surface area contributed by atoms with Crippen LogP contribution in [0.15, 0.2) is 36.1 Å². The van der Waals surface area contributed by atoms with Crippen molar-refractivity contribution in [3.8, 4) is 0 Å². The molecular weight excluding hydrogens is 365 g/mol. The zero-order valence-corrected chi connectivity index (χ0v) is 19.5. The monoisotopic (exact) mass is 403 g/mol. The van der Waals surface area contributed by atoms with Crippen LogP contribution >= 0.6 is 0 Å². The third kappa shape index (κ3) is 6.48. The molecule has 5 nitrogen and oxygen atoms in total. The third-order valence-electron chi connectivity index (χ3n) is 5.72. The molecule has 29 heavy (non-hydrogen) atoms. The molecule has 0 N–H and O–H groups in total. The summed E-state index contributed by atoms with van der Waals surface area (Å²) in [5, 5.41) is 0. The predicted octanol–water partition coefficient (Wildman–Crippen LogP) is 5.19. The van der Waals surface area contributed by atoms with Crippen LogP contribution in [0.2, 0.25) is 0 Å². The molecule has 0 unspecified atom stereocenters. The summed E-state index contributed by atoms with van der Waals surface area (Å²) in [7, 11) is -0.460. The molecule has 1 saturated heterocycles. The maximum absolute atomic E-state index is 12.9. The molecule has 1 atom stereocenters. The molecule has 0 radical (unpaired) electrons. The molecule has 0 amide bonds. The van der Waals surface area contributed by atoms with E-state index in [2.05, 4.69) is 17.0 Å². The van der Waals surface area contributed by atoms with Crippen LogP contribution in [0.3, 0.4) is 0 Å². The Bertz CT molecular complexity index is 685. The Balaban J connectivity index is 2.20. The van der Waals surface area contributed by atoms with Gasteiger partial charge in [-0.05, 0) is 79.9 Å². The molecular formula is C23H38BNO4. The molecule has 6 heteroatoms. The van der Waals surface area contributed by atoms with Crippen LogP contribution in [0, 0.1) is 5.92 Å². The molecule has 1 aromatic heterocycles. The van der Waals surface area contributed by atoms with E-state index in [1.54, 1.807) is 0 Å². The smallest absolute Gasteiger partial charge is 0.460 e. The van der Waals surface area contributed by atoms with Gasteiger partial charge in [-0.3, -0.25) is 4.79 Å². The fourth-order valence-electron chi connectivity index (χ4n) is 3.44. The number of aromatic nitrogens is 1. The van der Waals surface area contributed by atoms with Gasteiger partial charge in [0.15, 0.2) is 0 Å². The van der Waals surface area contributed by atoms with Gasteiger partial charge in [0, 0.05) is 18.9 Å². The molecule has 0 spiro atoms. The fourth-order valence-corrected chi connectivity index (χ4v) is 3.44. The van der Waals surface area contributed by atoms with Crippen LogP contribution < -0.4 is 0 Å². The van der Waals surface area contributed by atoms with E-state index >= 15 is 0 Å². The van der Waals surface area contributed by atoms with Gasteiger partial charge >= 0.3 is 13.1 Å². The standard InChI is InChI=1S/C23H38BNO4/c1-9-19(20(26)27-21(2,3)4)18(13-12-16-25-14-10-11-15-25)17-24-28-22(5,6)23(7,8)29-24/h10-11,14-15,17,19H,9,12-13,16H2,1-8H3/b18-17+/t19-/m0/s1. The molecule has 0 aliphatic carbocycles. The van der Waals surface area contributed by atoms with Crippen LogP contribution in [0.4, 0.5) is 0 Å². The number of hydrogen-bond acceptors (Lipinski definition) is 4. The summed E-state index contributed by atoms with van der Waals surface area (Å²) >= 11 is 0. The number of rotatable bonds is 8. The third-order valence-corrected chi connectivity index (χ3v) is 5.72. The number of carbonyl (C=O) groups is 1. The predicted molar refractivity (Wildman–Crippen MR) is 117 cm³/mol. The first kappa shape index (κ1) is 23.8. The van der Waals surface area contributed by atoms with E-state index in [0.717, 1.165) is 25.0 Å². The van der Waals surface area contributed by atoms with E-state index in [9.17, 15) is 4.79 Å². The molecule has 0 bridgehead atoms. The summed E-state index contributed by atoms with van der Waals surface area (Å²) in [5.41, 5.74) is -0.284. The van der Waals surface area contributed by atoms with Gasteiger partial charge in [0.2, 0.25) is 0 Å². The normalized spacial score (nSPS) is 20.0. The number of hydrogen-bond donors (Lipinski definition) is 0. The first-order valence-electron chi connectivity index (χ1n) is 10.7. The highest BCUT2D eigenvalue weighted by molar-refractivity contribution is 6.51. The van der Waals surface area contributed by atoms with Crippen molar-refractivity contribution < 1.29 is 18.8 Å². The maximum Gasteiger partial charge on any atom is 0.487 e. The minimum absolute atomic E-state index is 0.177. The second kappa shape index (κ2) is 9.09. The van der Waals surface area contributed by atoms with E-state index in [4.69, 9.17) is 14.0 Å². The topological polar surface area (TPSA) is 49.7 Å². The minimum atomic E-state index is -0.509. The maximum atomic E-state index is 12.9. The van der Waals surface area contributed by atoms with Crippen LogP contribution in [-0.4, -0.2) is 34.5 Å². The molecule has 1 fully saturated rings.